The van der Waals surface area contributed by atoms with Crippen LogP contribution in [0.5, 0.6) is 5.75 Å². The number of likely N-dealkylation sites (tertiary alicyclic amines) is 2. The molecular formula is C24H32N2O4. The van der Waals surface area contributed by atoms with E-state index >= 15 is 0 Å². The molecule has 2 saturated heterocycles. The lowest BCUT2D eigenvalue weighted by atomic mass is 9.75. The van der Waals surface area contributed by atoms with E-state index in [1.807, 2.05) is 29.2 Å². The van der Waals surface area contributed by atoms with Gasteiger partial charge in [-0.3, -0.25) is 19.3 Å². The predicted molar refractivity (Wildman–Crippen MR) is 113 cm³/mol. The molecule has 0 aromatic heterocycles. The first kappa shape index (κ1) is 20.9. The Kier molecular flexibility index (Phi) is 5.85. The van der Waals surface area contributed by atoms with Gasteiger partial charge in [0, 0.05) is 32.0 Å². The molecule has 1 aromatic carbocycles. The third kappa shape index (κ3) is 3.72. The van der Waals surface area contributed by atoms with Gasteiger partial charge in [0.1, 0.15) is 5.75 Å². The summed E-state index contributed by atoms with van der Waals surface area (Å²) < 4.78 is 5.38. The molecule has 0 radical (unpaired) electrons. The van der Waals surface area contributed by atoms with Crippen LogP contribution in [0.25, 0.3) is 0 Å². The number of hydrogen-bond donors (Lipinski definition) is 0. The highest BCUT2D eigenvalue weighted by Gasteiger charge is 2.56. The average Bonchev–Trinajstić information content (AvgIpc) is 3.35. The SMILES string of the molecule is COc1cccc([C@@]2(CC(=O)N3CCC(C)CC3)CC(=O)N(C3CCCC3)C2=O)c1. The van der Waals surface area contributed by atoms with Crippen molar-refractivity contribution in [2.75, 3.05) is 20.2 Å². The monoisotopic (exact) mass is 412 g/mol. The van der Waals surface area contributed by atoms with Crippen molar-refractivity contribution in [2.24, 2.45) is 5.92 Å². The molecule has 0 spiro atoms. The van der Waals surface area contributed by atoms with Crippen LogP contribution in [0.15, 0.2) is 24.3 Å². The van der Waals surface area contributed by atoms with Crippen LogP contribution in [-0.4, -0.2) is 53.8 Å². The van der Waals surface area contributed by atoms with Crippen LogP contribution in [0.1, 0.15) is 63.9 Å². The summed E-state index contributed by atoms with van der Waals surface area (Å²) in [6.07, 6.45) is 5.89. The Hall–Kier alpha value is -2.37. The Balaban J connectivity index is 1.67. The first-order valence-electron chi connectivity index (χ1n) is 11.2. The molecule has 3 aliphatic rings. The predicted octanol–water partition coefficient (Wildman–Crippen LogP) is 3.28. The Morgan fingerprint density at radius 1 is 1.13 bits per heavy atom. The fourth-order valence-corrected chi connectivity index (χ4v) is 5.31. The largest absolute Gasteiger partial charge is 0.497 e. The normalized spacial score (nSPS) is 25.9. The van der Waals surface area contributed by atoms with Crippen LogP contribution in [0.4, 0.5) is 0 Å². The zero-order chi connectivity index (χ0) is 21.3. The average molecular weight is 413 g/mol. The van der Waals surface area contributed by atoms with Gasteiger partial charge in [0.15, 0.2) is 0 Å². The Morgan fingerprint density at radius 3 is 2.50 bits per heavy atom. The van der Waals surface area contributed by atoms with Crippen molar-refractivity contribution < 1.29 is 19.1 Å². The third-order valence-electron chi connectivity index (χ3n) is 7.25. The molecule has 3 fully saturated rings. The maximum atomic E-state index is 13.8. The van der Waals surface area contributed by atoms with E-state index in [1.54, 1.807) is 7.11 Å². The van der Waals surface area contributed by atoms with E-state index in [0.717, 1.165) is 51.6 Å². The first-order chi connectivity index (χ1) is 14.4. The molecule has 0 bridgehead atoms. The lowest BCUT2D eigenvalue weighted by molar-refractivity contribution is -0.145. The molecule has 3 amide bonds. The summed E-state index contributed by atoms with van der Waals surface area (Å²) in [4.78, 5) is 43.5. The van der Waals surface area contributed by atoms with Crippen molar-refractivity contribution >= 4 is 17.7 Å². The number of amides is 3. The number of carbonyl (C=O) groups excluding carboxylic acids is 3. The van der Waals surface area contributed by atoms with Gasteiger partial charge in [-0.1, -0.05) is 31.9 Å². The van der Waals surface area contributed by atoms with Gasteiger partial charge in [0.25, 0.3) is 0 Å². The van der Waals surface area contributed by atoms with Gasteiger partial charge < -0.3 is 9.64 Å². The summed E-state index contributed by atoms with van der Waals surface area (Å²) in [5, 5.41) is 0. The number of methoxy groups -OCH3 is 1. The minimum absolute atomic E-state index is 0.0246. The standard InChI is InChI=1S/C24H32N2O4/c1-17-10-12-25(13-11-17)21(27)15-24(18-6-5-9-20(14-18)30-2)16-22(28)26(23(24)29)19-7-3-4-8-19/h5-6,9,14,17,19H,3-4,7-8,10-13,15-16H2,1-2H3/t24-/m1/s1. The molecule has 1 aromatic rings. The zero-order valence-electron chi connectivity index (χ0n) is 18.1. The van der Waals surface area contributed by atoms with E-state index < -0.39 is 5.41 Å². The fourth-order valence-electron chi connectivity index (χ4n) is 5.31. The van der Waals surface area contributed by atoms with Gasteiger partial charge in [-0.25, -0.2) is 0 Å². The number of nitrogens with zero attached hydrogens (tertiary/aromatic N) is 2. The van der Waals surface area contributed by atoms with E-state index in [1.165, 1.54) is 4.90 Å². The number of hydrogen-bond acceptors (Lipinski definition) is 4. The lowest BCUT2D eigenvalue weighted by Crippen LogP contribution is -2.47. The van der Waals surface area contributed by atoms with Gasteiger partial charge in [0.2, 0.25) is 17.7 Å². The Morgan fingerprint density at radius 2 is 1.83 bits per heavy atom. The van der Waals surface area contributed by atoms with Crippen molar-refractivity contribution in [3.05, 3.63) is 29.8 Å². The van der Waals surface area contributed by atoms with Crippen LogP contribution in [0, 0.1) is 5.92 Å². The second-order valence-corrected chi connectivity index (χ2v) is 9.24. The number of ether oxygens (including phenoxy) is 1. The fraction of sp³-hybridized carbons (Fsp3) is 0.625. The van der Waals surface area contributed by atoms with Crippen LogP contribution in [0.2, 0.25) is 0 Å². The van der Waals surface area contributed by atoms with E-state index in [-0.39, 0.29) is 36.6 Å². The number of carbonyl (C=O) groups is 3. The molecular weight excluding hydrogens is 380 g/mol. The molecule has 30 heavy (non-hydrogen) atoms. The van der Waals surface area contributed by atoms with Crippen molar-refractivity contribution in [1.82, 2.24) is 9.80 Å². The topological polar surface area (TPSA) is 66.9 Å². The van der Waals surface area contributed by atoms with Crippen LogP contribution in [0.3, 0.4) is 0 Å². The molecule has 0 unspecified atom stereocenters. The highest BCUT2D eigenvalue weighted by molar-refractivity contribution is 6.11. The van der Waals surface area contributed by atoms with Crippen LogP contribution in [-0.2, 0) is 19.8 Å². The first-order valence-corrected chi connectivity index (χ1v) is 11.2. The summed E-state index contributed by atoms with van der Waals surface area (Å²) in [6, 6.07) is 7.30. The number of rotatable bonds is 5. The molecule has 4 rings (SSSR count). The highest BCUT2D eigenvalue weighted by atomic mass is 16.5. The molecule has 6 nitrogen and oxygen atoms in total. The molecule has 1 saturated carbocycles. The molecule has 1 atom stereocenters. The summed E-state index contributed by atoms with van der Waals surface area (Å²) in [7, 11) is 1.58. The summed E-state index contributed by atoms with van der Waals surface area (Å²) in [6.45, 7) is 3.66. The van der Waals surface area contributed by atoms with Crippen molar-refractivity contribution in [3.63, 3.8) is 0 Å². The Bertz CT molecular complexity index is 824. The molecule has 2 aliphatic heterocycles. The molecule has 0 N–H and O–H groups in total. The molecule has 2 heterocycles. The number of imide groups is 1. The van der Waals surface area contributed by atoms with E-state index in [0.29, 0.717) is 17.2 Å². The second-order valence-electron chi connectivity index (χ2n) is 9.24. The smallest absolute Gasteiger partial charge is 0.241 e. The van der Waals surface area contributed by atoms with Gasteiger partial charge >= 0.3 is 0 Å². The van der Waals surface area contributed by atoms with Crippen LogP contribution >= 0.6 is 0 Å². The lowest BCUT2D eigenvalue weighted by Gasteiger charge is -2.34. The molecule has 162 valence electrons. The van der Waals surface area contributed by atoms with E-state index in [2.05, 4.69) is 6.92 Å². The maximum Gasteiger partial charge on any atom is 0.241 e. The highest BCUT2D eigenvalue weighted by Crippen LogP contribution is 2.44. The van der Waals surface area contributed by atoms with Gasteiger partial charge in [-0.05, 0) is 49.3 Å². The van der Waals surface area contributed by atoms with Crippen molar-refractivity contribution in [3.8, 4) is 5.75 Å². The molecule has 1 aliphatic carbocycles. The molecule has 6 heteroatoms. The van der Waals surface area contributed by atoms with Gasteiger partial charge in [0.05, 0.1) is 12.5 Å². The van der Waals surface area contributed by atoms with E-state index in [9.17, 15) is 14.4 Å². The van der Waals surface area contributed by atoms with Gasteiger partial charge in [-0.2, -0.15) is 0 Å². The van der Waals surface area contributed by atoms with Crippen molar-refractivity contribution in [1.29, 1.82) is 0 Å². The maximum absolute atomic E-state index is 13.8. The zero-order valence-corrected chi connectivity index (χ0v) is 18.1. The number of piperidine rings is 1. The van der Waals surface area contributed by atoms with Gasteiger partial charge in [-0.15, -0.1) is 0 Å². The van der Waals surface area contributed by atoms with Crippen molar-refractivity contribution in [2.45, 2.75) is 69.7 Å². The van der Waals surface area contributed by atoms with Crippen LogP contribution < -0.4 is 4.74 Å². The van der Waals surface area contributed by atoms with E-state index in [4.69, 9.17) is 4.74 Å². The second kappa shape index (κ2) is 8.40. The third-order valence-corrected chi connectivity index (χ3v) is 7.25. The summed E-state index contributed by atoms with van der Waals surface area (Å²) in [5.41, 5.74) is -0.423. The Labute approximate surface area is 178 Å². The number of benzene rings is 1. The quantitative estimate of drug-likeness (QED) is 0.696. The minimum atomic E-state index is -1.13. The minimum Gasteiger partial charge on any atom is -0.497 e. The summed E-state index contributed by atoms with van der Waals surface area (Å²) in [5.74, 6) is 0.875. The summed E-state index contributed by atoms with van der Waals surface area (Å²) >= 11 is 0.